The molecular formula is C13H25NO2. The van der Waals surface area contributed by atoms with Gasteiger partial charge in [0.15, 0.2) is 0 Å². The number of rotatable bonds is 3. The van der Waals surface area contributed by atoms with Crippen LogP contribution >= 0.6 is 0 Å². The number of aliphatic hydroxyl groups excluding tert-OH is 1. The smallest absolute Gasteiger partial charge is 0.223 e. The van der Waals surface area contributed by atoms with Gasteiger partial charge in [-0.25, -0.2) is 0 Å². The van der Waals surface area contributed by atoms with Gasteiger partial charge >= 0.3 is 0 Å². The molecule has 16 heavy (non-hydrogen) atoms. The van der Waals surface area contributed by atoms with Crippen molar-refractivity contribution in [2.45, 2.75) is 53.0 Å². The standard InChI is InChI=1S/C13H25NO2/c1-10(13(2,3)4)8-12(16)14-7-5-6-11(14)9-15/h10-11,15H,5-9H2,1-4H3/t10?,11-/m1/s1. The maximum Gasteiger partial charge on any atom is 0.223 e. The van der Waals surface area contributed by atoms with Crippen molar-refractivity contribution in [3.8, 4) is 0 Å². The average molecular weight is 227 g/mol. The van der Waals surface area contributed by atoms with Crippen LogP contribution in [0.2, 0.25) is 0 Å². The number of carbonyl (C=O) groups is 1. The van der Waals surface area contributed by atoms with Gasteiger partial charge in [-0.1, -0.05) is 27.7 Å². The number of nitrogens with zero attached hydrogens (tertiary/aromatic N) is 1. The lowest BCUT2D eigenvalue weighted by atomic mass is 9.80. The number of likely N-dealkylation sites (tertiary alicyclic amines) is 1. The Balaban J connectivity index is 2.52. The van der Waals surface area contributed by atoms with E-state index in [4.69, 9.17) is 0 Å². The van der Waals surface area contributed by atoms with Crippen molar-refractivity contribution in [2.75, 3.05) is 13.2 Å². The van der Waals surface area contributed by atoms with E-state index < -0.39 is 0 Å². The zero-order valence-electron chi connectivity index (χ0n) is 11.0. The fourth-order valence-corrected chi connectivity index (χ4v) is 2.04. The van der Waals surface area contributed by atoms with Gasteiger partial charge in [0.05, 0.1) is 12.6 Å². The molecule has 1 heterocycles. The number of hydrogen-bond acceptors (Lipinski definition) is 2. The van der Waals surface area contributed by atoms with Crippen LogP contribution in [-0.2, 0) is 4.79 Å². The molecule has 1 N–H and O–H groups in total. The normalized spacial score (nSPS) is 23.6. The summed E-state index contributed by atoms with van der Waals surface area (Å²) in [5.41, 5.74) is 0.171. The van der Waals surface area contributed by atoms with E-state index in [1.807, 2.05) is 4.90 Å². The van der Waals surface area contributed by atoms with Crippen LogP contribution in [0.1, 0.15) is 47.0 Å². The summed E-state index contributed by atoms with van der Waals surface area (Å²) in [6, 6.07) is 0.0691. The predicted molar refractivity (Wildman–Crippen MR) is 65.1 cm³/mol. The molecule has 94 valence electrons. The molecule has 0 radical (unpaired) electrons. The summed E-state index contributed by atoms with van der Waals surface area (Å²) in [4.78, 5) is 13.9. The second-order valence-corrected chi connectivity index (χ2v) is 6.04. The molecule has 1 aliphatic heterocycles. The van der Waals surface area contributed by atoms with Crippen molar-refractivity contribution in [3.63, 3.8) is 0 Å². The molecule has 1 unspecified atom stereocenters. The summed E-state index contributed by atoms with van der Waals surface area (Å²) in [5.74, 6) is 0.582. The fourth-order valence-electron chi connectivity index (χ4n) is 2.04. The minimum atomic E-state index is 0.0691. The second-order valence-electron chi connectivity index (χ2n) is 6.04. The molecule has 1 rings (SSSR count). The molecule has 0 aromatic carbocycles. The second kappa shape index (κ2) is 5.17. The molecule has 3 nitrogen and oxygen atoms in total. The van der Waals surface area contributed by atoms with Crippen LogP contribution < -0.4 is 0 Å². The molecule has 1 amide bonds. The predicted octanol–water partition coefficient (Wildman–Crippen LogP) is 2.04. The molecule has 0 aliphatic carbocycles. The van der Waals surface area contributed by atoms with Crippen molar-refractivity contribution in [1.82, 2.24) is 4.90 Å². The molecule has 0 spiro atoms. The average Bonchev–Trinajstić information content (AvgIpc) is 2.63. The number of carbonyl (C=O) groups excluding carboxylic acids is 1. The van der Waals surface area contributed by atoms with E-state index in [-0.39, 0.29) is 24.0 Å². The monoisotopic (exact) mass is 227 g/mol. The van der Waals surface area contributed by atoms with E-state index in [0.29, 0.717) is 12.3 Å². The topological polar surface area (TPSA) is 40.5 Å². The zero-order valence-corrected chi connectivity index (χ0v) is 11.0. The van der Waals surface area contributed by atoms with Crippen molar-refractivity contribution < 1.29 is 9.90 Å². The highest BCUT2D eigenvalue weighted by Gasteiger charge is 2.31. The van der Waals surface area contributed by atoms with Gasteiger partial charge in [0, 0.05) is 13.0 Å². The highest BCUT2D eigenvalue weighted by atomic mass is 16.3. The first kappa shape index (κ1) is 13.5. The maximum absolute atomic E-state index is 12.1. The summed E-state index contributed by atoms with van der Waals surface area (Å²) >= 11 is 0. The highest BCUT2D eigenvalue weighted by molar-refractivity contribution is 5.77. The molecule has 2 atom stereocenters. The van der Waals surface area contributed by atoms with Crippen LogP contribution in [-0.4, -0.2) is 35.1 Å². The lowest BCUT2D eigenvalue weighted by Gasteiger charge is -2.30. The van der Waals surface area contributed by atoms with E-state index in [2.05, 4.69) is 27.7 Å². The number of hydrogen-bond donors (Lipinski definition) is 1. The molecule has 1 saturated heterocycles. The van der Waals surface area contributed by atoms with Gasteiger partial charge in [-0.3, -0.25) is 4.79 Å². The summed E-state index contributed by atoms with van der Waals surface area (Å²) in [6.07, 6.45) is 2.58. The minimum Gasteiger partial charge on any atom is -0.394 e. The Morgan fingerprint density at radius 1 is 1.50 bits per heavy atom. The summed E-state index contributed by atoms with van der Waals surface area (Å²) < 4.78 is 0. The molecular weight excluding hydrogens is 202 g/mol. The summed E-state index contributed by atoms with van der Waals surface area (Å²) in [5, 5.41) is 9.19. The first-order valence-electron chi connectivity index (χ1n) is 6.26. The molecule has 1 aliphatic rings. The van der Waals surface area contributed by atoms with E-state index in [1.54, 1.807) is 0 Å². The van der Waals surface area contributed by atoms with Crippen molar-refractivity contribution in [1.29, 1.82) is 0 Å². The Labute approximate surface area is 98.8 Å². The van der Waals surface area contributed by atoms with Crippen LogP contribution in [0.3, 0.4) is 0 Å². The summed E-state index contributed by atoms with van der Waals surface area (Å²) in [7, 11) is 0. The minimum absolute atomic E-state index is 0.0691. The van der Waals surface area contributed by atoms with Crippen molar-refractivity contribution in [2.24, 2.45) is 11.3 Å². The highest BCUT2D eigenvalue weighted by Crippen LogP contribution is 2.29. The van der Waals surface area contributed by atoms with Crippen LogP contribution in [0.4, 0.5) is 0 Å². The lowest BCUT2D eigenvalue weighted by molar-refractivity contribution is -0.134. The van der Waals surface area contributed by atoms with Gasteiger partial charge < -0.3 is 10.0 Å². The molecule has 3 heteroatoms. The summed E-state index contributed by atoms with van der Waals surface area (Å²) in [6.45, 7) is 9.55. The zero-order chi connectivity index (χ0) is 12.3. The van der Waals surface area contributed by atoms with E-state index in [0.717, 1.165) is 19.4 Å². The van der Waals surface area contributed by atoms with Crippen LogP contribution in [0.25, 0.3) is 0 Å². The van der Waals surface area contributed by atoms with Crippen LogP contribution in [0, 0.1) is 11.3 Å². The number of aliphatic hydroxyl groups is 1. The van der Waals surface area contributed by atoms with Crippen LogP contribution in [0.15, 0.2) is 0 Å². The Morgan fingerprint density at radius 2 is 2.12 bits per heavy atom. The van der Waals surface area contributed by atoms with Gasteiger partial charge in [-0.15, -0.1) is 0 Å². The molecule has 0 saturated carbocycles. The molecule has 0 aromatic heterocycles. The Hall–Kier alpha value is -0.570. The van der Waals surface area contributed by atoms with Crippen molar-refractivity contribution >= 4 is 5.91 Å². The fraction of sp³-hybridized carbons (Fsp3) is 0.923. The van der Waals surface area contributed by atoms with Gasteiger partial charge in [0.1, 0.15) is 0 Å². The van der Waals surface area contributed by atoms with E-state index >= 15 is 0 Å². The van der Waals surface area contributed by atoms with Gasteiger partial charge in [-0.05, 0) is 24.2 Å². The van der Waals surface area contributed by atoms with E-state index in [9.17, 15) is 9.90 Å². The van der Waals surface area contributed by atoms with Gasteiger partial charge in [-0.2, -0.15) is 0 Å². The molecule has 1 fully saturated rings. The number of amides is 1. The van der Waals surface area contributed by atoms with Gasteiger partial charge in [0.25, 0.3) is 0 Å². The third-order valence-corrected chi connectivity index (χ3v) is 3.87. The quantitative estimate of drug-likeness (QED) is 0.801. The first-order valence-corrected chi connectivity index (χ1v) is 6.26. The molecule has 0 bridgehead atoms. The Kier molecular flexibility index (Phi) is 4.36. The van der Waals surface area contributed by atoms with Gasteiger partial charge in [0.2, 0.25) is 5.91 Å². The van der Waals surface area contributed by atoms with Crippen LogP contribution in [0.5, 0.6) is 0 Å². The Bertz CT molecular complexity index is 245. The van der Waals surface area contributed by atoms with Crippen molar-refractivity contribution in [3.05, 3.63) is 0 Å². The third kappa shape index (κ3) is 3.21. The SMILES string of the molecule is CC(CC(=O)N1CCC[C@@H]1CO)C(C)(C)C. The molecule has 0 aromatic rings. The Morgan fingerprint density at radius 3 is 2.62 bits per heavy atom. The third-order valence-electron chi connectivity index (χ3n) is 3.87. The lowest BCUT2D eigenvalue weighted by Crippen LogP contribution is -2.39. The largest absolute Gasteiger partial charge is 0.394 e. The first-order chi connectivity index (χ1) is 7.36. The van der Waals surface area contributed by atoms with E-state index in [1.165, 1.54) is 0 Å². The maximum atomic E-state index is 12.1.